The number of amides is 2. The van der Waals surface area contributed by atoms with E-state index in [9.17, 15) is 19.8 Å². The summed E-state index contributed by atoms with van der Waals surface area (Å²) in [5.74, 6) is -1.03. The van der Waals surface area contributed by atoms with Gasteiger partial charge in [-0.3, -0.25) is 4.90 Å². The Balaban J connectivity index is 2.31. The molecule has 0 aliphatic carbocycles. The number of aliphatic carboxylic acids is 1. The number of benzene rings is 1. The molecule has 6 nitrogen and oxygen atoms in total. The molecule has 6 heteroatoms. The Morgan fingerprint density at radius 1 is 1.45 bits per heavy atom. The van der Waals surface area contributed by atoms with Crippen LogP contribution in [0.1, 0.15) is 12.5 Å². The predicted molar refractivity (Wildman–Crippen MR) is 73.8 cm³/mol. The van der Waals surface area contributed by atoms with E-state index in [1.165, 1.54) is 9.80 Å². The third-order valence-corrected chi connectivity index (χ3v) is 3.33. The van der Waals surface area contributed by atoms with Crippen LogP contribution < -0.4 is 4.90 Å². The normalized spacial score (nSPS) is 18.6. The first-order valence-corrected chi connectivity index (χ1v) is 6.45. The number of rotatable bonds is 3. The topological polar surface area (TPSA) is 81.1 Å². The smallest absolute Gasteiger partial charge is 0.327 e. The van der Waals surface area contributed by atoms with Crippen LogP contribution in [-0.2, 0) is 11.2 Å². The number of carbonyl (C=O) groups is 2. The molecule has 2 N–H and O–H groups in total. The molecule has 1 aromatic rings. The van der Waals surface area contributed by atoms with E-state index in [1.807, 2.05) is 12.1 Å². The van der Waals surface area contributed by atoms with Crippen LogP contribution in [0.3, 0.4) is 0 Å². The van der Waals surface area contributed by atoms with E-state index in [4.69, 9.17) is 0 Å². The first-order chi connectivity index (χ1) is 9.41. The fraction of sp³-hybridized carbons (Fsp3) is 0.429. The minimum Gasteiger partial charge on any atom is -0.480 e. The number of hydrogen-bond acceptors (Lipinski definition) is 3. The molecule has 2 atom stereocenters. The lowest BCUT2D eigenvalue weighted by atomic mass is 10.1. The Hall–Kier alpha value is -2.08. The van der Waals surface area contributed by atoms with Gasteiger partial charge in [-0.05, 0) is 18.6 Å². The molecule has 0 fully saturated rings. The molecular formula is C14H18N2O4. The van der Waals surface area contributed by atoms with Crippen molar-refractivity contribution in [2.75, 3.05) is 18.5 Å². The minimum absolute atomic E-state index is 0.157. The molecule has 0 aromatic heterocycles. The van der Waals surface area contributed by atoms with Gasteiger partial charge in [0, 0.05) is 25.7 Å². The van der Waals surface area contributed by atoms with Crippen molar-refractivity contribution in [1.82, 2.24) is 4.90 Å². The van der Waals surface area contributed by atoms with Gasteiger partial charge in [0.05, 0.1) is 6.10 Å². The van der Waals surface area contributed by atoms with Crippen molar-refractivity contribution in [2.45, 2.75) is 25.5 Å². The van der Waals surface area contributed by atoms with Crippen LogP contribution in [0, 0.1) is 0 Å². The fourth-order valence-electron chi connectivity index (χ4n) is 2.48. The highest BCUT2D eigenvalue weighted by molar-refractivity contribution is 6.00. The SMILES string of the molecule is CC(O)CN(C)C(=O)N1c2ccccc2C[C@H]1C(=O)O. The van der Waals surface area contributed by atoms with Crippen molar-refractivity contribution in [2.24, 2.45) is 0 Å². The van der Waals surface area contributed by atoms with Crippen molar-refractivity contribution in [1.29, 1.82) is 0 Å². The highest BCUT2D eigenvalue weighted by Gasteiger charge is 2.39. The van der Waals surface area contributed by atoms with Gasteiger partial charge >= 0.3 is 12.0 Å². The van der Waals surface area contributed by atoms with Gasteiger partial charge in [-0.15, -0.1) is 0 Å². The van der Waals surface area contributed by atoms with Crippen LogP contribution >= 0.6 is 0 Å². The molecule has 0 saturated carbocycles. The number of nitrogens with zero attached hydrogens (tertiary/aromatic N) is 2. The Morgan fingerprint density at radius 3 is 2.70 bits per heavy atom. The van der Waals surface area contributed by atoms with Crippen LogP contribution in [0.15, 0.2) is 24.3 Å². The summed E-state index contributed by atoms with van der Waals surface area (Å²) < 4.78 is 0. The molecule has 1 aliphatic heterocycles. The zero-order valence-corrected chi connectivity index (χ0v) is 11.5. The number of para-hydroxylation sites is 1. The molecular weight excluding hydrogens is 260 g/mol. The molecule has 1 aromatic carbocycles. The number of urea groups is 1. The number of aliphatic hydroxyl groups excluding tert-OH is 1. The first kappa shape index (κ1) is 14.3. The van der Waals surface area contributed by atoms with Gasteiger partial charge < -0.3 is 15.1 Å². The lowest BCUT2D eigenvalue weighted by molar-refractivity contribution is -0.138. The van der Waals surface area contributed by atoms with Crippen molar-refractivity contribution < 1.29 is 19.8 Å². The van der Waals surface area contributed by atoms with Gasteiger partial charge in [0.1, 0.15) is 6.04 Å². The average molecular weight is 278 g/mol. The number of carboxylic acids is 1. The van der Waals surface area contributed by atoms with Crippen LogP contribution in [0.5, 0.6) is 0 Å². The second-order valence-corrected chi connectivity index (χ2v) is 5.07. The van der Waals surface area contributed by atoms with Crippen molar-refractivity contribution in [3.05, 3.63) is 29.8 Å². The van der Waals surface area contributed by atoms with E-state index in [-0.39, 0.29) is 6.54 Å². The lowest BCUT2D eigenvalue weighted by Crippen LogP contribution is -2.49. The predicted octanol–water partition coefficient (Wildman–Crippen LogP) is 0.935. The van der Waals surface area contributed by atoms with E-state index < -0.39 is 24.1 Å². The summed E-state index contributed by atoms with van der Waals surface area (Å²) in [7, 11) is 1.55. The van der Waals surface area contributed by atoms with Gasteiger partial charge in [0.25, 0.3) is 0 Å². The molecule has 1 unspecified atom stereocenters. The monoisotopic (exact) mass is 278 g/mol. The van der Waals surface area contributed by atoms with Crippen LogP contribution in [-0.4, -0.2) is 52.9 Å². The van der Waals surface area contributed by atoms with Crippen LogP contribution in [0.2, 0.25) is 0 Å². The number of anilines is 1. The van der Waals surface area contributed by atoms with Gasteiger partial charge in [-0.25, -0.2) is 9.59 Å². The lowest BCUT2D eigenvalue weighted by Gasteiger charge is -2.28. The highest BCUT2D eigenvalue weighted by Crippen LogP contribution is 2.32. The zero-order valence-electron chi connectivity index (χ0n) is 11.5. The molecule has 108 valence electrons. The minimum atomic E-state index is -1.03. The second kappa shape index (κ2) is 5.50. The van der Waals surface area contributed by atoms with Crippen LogP contribution in [0.4, 0.5) is 10.5 Å². The summed E-state index contributed by atoms with van der Waals surface area (Å²) in [5, 5.41) is 18.7. The summed E-state index contributed by atoms with van der Waals surface area (Å²) in [6.45, 7) is 1.74. The molecule has 0 saturated heterocycles. The van der Waals surface area contributed by atoms with E-state index in [1.54, 1.807) is 26.1 Å². The van der Waals surface area contributed by atoms with Gasteiger partial charge in [0.2, 0.25) is 0 Å². The molecule has 1 aliphatic rings. The number of hydrogen-bond donors (Lipinski definition) is 2. The molecule has 20 heavy (non-hydrogen) atoms. The average Bonchev–Trinajstić information content (AvgIpc) is 2.76. The molecule has 0 bridgehead atoms. The number of aliphatic hydroxyl groups is 1. The maximum Gasteiger partial charge on any atom is 0.327 e. The quantitative estimate of drug-likeness (QED) is 0.862. The number of fused-ring (bicyclic) bond motifs is 1. The Bertz CT molecular complexity index is 530. The zero-order chi connectivity index (χ0) is 14.9. The largest absolute Gasteiger partial charge is 0.480 e. The first-order valence-electron chi connectivity index (χ1n) is 6.45. The highest BCUT2D eigenvalue weighted by atomic mass is 16.4. The summed E-state index contributed by atoms with van der Waals surface area (Å²) in [5.41, 5.74) is 1.47. The van der Waals surface area contributed by atoms with Gasteiger partial charge in [-0.1, -0.05) is 18.2 Å². The standard InChI is InChI=1S/C14H18N2O4/c1-9(17)8-15(2)14(20)16-11-6-4-3-5-10(11)7-12(16)13(18)19/h3-6,9,12,17H,7-8H2,1-2H3,(H,18,19)/t9?,12-/m0/s1. The van der Waals surface area contributed by atoms with E-state index in [0.29, 0.717) is 12.1 Å². The molecule has 1 heterocycles. The van der Waals surface area contributed by atoms with E-state index >= 15 is 0 Å². The number of carbonyl (C=O) groups excluding carboxylic acids is 1. The van der Waals surface area contributed by atoms with E-state index in [2.05, 4.69) is 0 Å². The third-order valence-electron chi connectivity index (χ3n) is 3.33. The van der Waals surface area contributed by atoms with Gasteiger partial charge in [-0.2, -0.15) is 0 Å². The van der Waals surface area contributed by atoms with Gasteiger partial charge in [0.15, 0.2) is 0 Å². The molecule has 0 spiro atoms. The van der Waals surface area contributed by atoms with Crippen molar-refractivity contribution in [3.63, 3.8) is 0 Å². The van der Waals surface area contributed by atoms with E-state index in [0.717, 1.165) is 5.56 Å². The third kappa shape index (κ3) is 2.60. The van der Waals surface area contributed by atoms with Crippen LogP contribution in [0.25, 0.3) is 0 Å². The summed E-state index contributed by atoms with van der Waals surface area (Å²) in [6, 6.07) is 5.86. The maximum absolute atomic E-state index is 12.4. The number of carboxylic acid groups (broad SMARTS) is 1. The molecule has 2 amide bonds. The number of likely N-dealkylation sites (N-methyl/N-ethyl adjacent to an activating group) is 1. The summed E-state index contributed by atoms with van der Waals surface area (Å²) >= 11 is 0. The Kier molecular flexibility index (Phi) is 3.94. The molecule has 2 rings (SSSR count). The summed E-state index contributed by atoms with van der Waals surface area (Å²) in [4.78, 5) is 26.4. The summed E-state index contributed by atoms with van der Waals surface area (Å²) in [6.07, 6.45) is -0.357. The second-order valence-electron chi connectivity index (χ2n) is 5.07. The Morgan fingerprint density at radius 2 is 2.10 bits per heavy atom. The molecule has 0 radical (unpaired) electrons. The van der Waals surface area contributed by atoms with Crippen molar-refractivity contribution in [3.8, 4) is 0 Å². The fourth-order valence-corrected chi connectivity index (χ4v) is 2.48. The Labute approximate surface area is 117 Å². The maximum atomic E-state index is 12.4. The van der Waals surface area contributed by atoms with Crippen molar-refractivity contribution >= 4 is 17.7 Å².